The number of primary amides is 1. The van der Waals surface area contributed by atoms with Crippen molar-refractivity contribution in [2.45, 2.75) is 32.9 Å². The molecule has 112 valence electrons. The SMILES string of the molecule is CCCCN(CC(N)=O)Cc1ccc(OC)c(CN)c1. The summed E-state index contributed by atoms with van der Waals surface area (Å²) in [6.45, 7) is 4.40. The van der Waals surface area contributed by atoms with Crippen LogP contribution in [0.15, 0.2) is 18.2 Å². The Labute approximate surface area is 120 Å². The van der Waals surface area contributed by atoms with Crippen LogP contribution in [0.3, 0.4) is 0 Å². The van der Waals surface area contributed by atoms with Gasteiger partial charge in [-0.1, -0.05) is 19.4 Å². The van der Waals surface area contributed by atoms with Gasteiger partial charge in [-0.2, -0.15) is 0 Å². The Balaban J connectivity index is 2.78. The molecule has 0 fully saturated rings. The molecule has 5 heteroatoms. The van der Waals surface area contributed by atoms with E-state index in [0.29, 0.717) is 13.1 Å². The molecule has 4 N–H and O–H groups in total. The minimum Gasteiger partial charge on any atom is -0.496 e. The maximum absolute atomic E-state index is 11.1. The Hall–Kier alpha value is -1.59. The topological polar surface area (TPSA) is 81.6 Å². The number of hydrogen-bond donors (Lipinski definition) is 2. The molecule has 0 bridgehead atoms. The summed E-state index contributed by atoms with van der Waals surface area (Å²) in [5, 5.41) is 0. The highest BCUT2D eigenvalue weighted by molar-refractivity contribution is 5.75. The van der Waals surface area contributed by atoms with Crippen molar-refractivity contribution in [1.29, 1.82) is 0 Å². The number of nitrogens with zero attached hydrogens (tertiary/aromatic N) is 1. The zero-order chi connectivity index (χ0) is 15.0. The third-order valence-electron chi connectivity index (χ3n) is 3.18. The number of rotatable bonds is 9. The van der Waals surface area contributed by atoms with Crippen LogP contribution in [-0.4, -0.2) is 31.0 Å². The molecule has 0 unspecified atom stereocenters. The van der Waals surface area contributed by atoms with Crippen LogP contribution >= 0.6 is 0 Å². The van der Waals surface area contributed by atoms with Crippen LogP contribution in [0.5, 0.6) is 5.75 Å². The van der Waals surface area contributed by atoms with E-state index in [2.05, 4.69) is 11.8 Å². The molecule has 20 heavy (non-hydrogen) atoms. The number of hydrogen-bond acceptors (Lipinski definition) is 4. The Morgan fingerprint density at radius 3 is 2.70 bits per heavy atom. The second-order valence-electron chi connectivity index (χ2n) is 4.88. The predicted molar refractivity (Wildman–Crippen MR) is 80.3 cm³/mol. The van der Waals surface area contributed by atoms with E-state index in [1.807, 2.05) is 18.2 Å². The number of methoxy groups -OCH3 is 1. The van der Waals surface area contributed by atoms with E-state index < -0.39 is 0 Å². The molecule has 0 saturated carbocycles. The van der Waals surface area contributed by atoms with Crippen molar-refractivity contribution in [3.8, 4) is 5.75 Å². The van der Waals surface area contributed by atoms with Gasteiger partial charge < -0.3 is 16.2 Å². The summed E-state index contributed by atoms with van der Waals surface area (Å²) < 4.78 is 5.26. The van der Waals surface area contributed by atoms with Gasteiger partial charge in [-0.05, 0) is 30.7 Å². The Kier molecular flexibility index (Phi) is 7.04. The second-order valence-corrected chi connectivity index (χ2v) is 4.88. The summed E-state index contributed by atoms with van der Waals surface area (Å²) in [5.41, 5.74) is 13.1. The van der Waals surface area contributed by atoms with Crippen molar-refractivity contribution in [1.82, 2.24) is 4.90 Å². The van der Waals surface area contributed by atoms with E-state index in [9.17, 15) is 4.79 Å². The zero-order valence-electron chi connectivity index (χ0n) is 12.4. The first kappa shape index (κ1) is 16.5. The number of carbonyl (C=O) groups is 1. The van der Waals surface area contributed by atoms with Gasteiger partial charge in [0.2, 0.25) is 5.91 Å². The molecule has 0 aliphatic carbocycles. The maximum atomic E-state index is 11.1. The molecular formula is C15H25N3O2. The molecule has 5 nitrogen and oxygen atoms in total. The van der Waals surface area contributed by atoms with E-state index in [1.54, 1.807) is 7.11 Å². The van der Waals surface area contributed by atoms with Crippen molar-refractivity contribution in [2.24, 2.45) is 11.5 Å². The van der Waals surface area contributed by atoms with Gasteiger partial charge in [-0.15, -0.1) is 0 Å². The molecule has 0 heterocycles. The van der Waals surface area contributed by atoms with Crippen molar-refractivity contribution >= 4 is 5.91 Å². The van der Waals surface area contributed by atoms with Gasteiger partial charge in [0.05, 0.1) is 13.7 Å². The summed E-state index contributed by atoms with van der Waals surface area (Å²) in [5.74, 6) is 0.500. The standard InChI is InChI=1S/C15H25N3O2/c1-3-4-7-18(11-15(17)19)10-12-5-6-14(20-2)13(8-12)9-16/h5-6,8H,3-4,7,9-11,16H2,1-2H3,(H2,17,19). The third-order valence-corrected chi connectivity index (χ3v) is 3.18. The molecule has 0 saturated heterocycles. The van der Waals surface area contributed by atoms with Gasteiger partial charge in [-0.25, -0.2) is 0 Å². The van der Waals surface area contributed by atoms with Gasteiger partial charge in [0, 0.05) is 18.7 Å². The molecule has 1 amide bonds. The minimum absolute atomic E-state index is 0.282. The largest absolute Gasteiger partial charge is 0.496 e. The van der Waals surface area contributed by atoms with E-state index in [4.69, 9.17) is 16.2 Å². The fraction of sp³-hybridized carbons (Fsp3) is 0.533. The first-order valence-electron chi connectivity index (χ1n) is 6.97. The molecule has 0 spiro atoms. The summed E-state index contributed by atoms with van der Waals surface area (Å²) in [4.78, 5) is 13.2. The number of unbranched alkanes of at least 4 members (excludes halogenated alkanes) is 1. The second kappa shape index (κ2) is 8.55. The first-order chi connectivity index (χ1) is 9.60. The lowest BCUT2D eigenvalue weighted by molar-refractivity contribution is -0.119. The lowest BCUT2D eigenvalue weighted by atomic mass is 10.1. The molecule has 0 radical (unpaired) electrons. The molecule has 1 aromatic rings. The molecule has 0 aromatic heterocycles. The predicted octanol–water partition coefficient (Wildman–Crippen LogP) is 1.24. The van der Waals surface area contributed by atoms with Gasteiger partial charge in [-0.3, -0.25) is 9.69 Å². The van der Waals surface area contributed by atoms with Crippen molar-refractivity contribution in [3.63, 3.8) is 0 Å². The average molecular weight is 279 g/mol. The van der Waals surface area contributed by atoms with Crippen LogP contribution in [-0.2, 0) is 17.9 Å². The van der Waals surface area contributed by atoms with E-state index in [0.717, 1.165) is 36.3 Å². The lowest BCUT2D eigenvalue weighted by Gasteiger charge is -2.21. The number of ether oxygens (including phenoxy) is 1. The third kappa shape index (κ3) is 5.19. The van der Waals surface area contributed by atoms with E-state index in [1.165, 1.54) is 0 Å². The quantitative estimate of drug-likeness (QED) is 0.712. The highest BCUT2D eigenvalue weighted by Gasteiger charge is 2.10. The Morgan fingerprint density at radius 1 is 1.40 bits per heavy atom. The van der Waals surface area contributed by atoms with Gasteiger partial charge >= 0.3 is 0 Å². The van der Waals surface area contributed by atoms with Gasteiger partial charge in [0.25, 0.3) is 0 Å². The first-order valence-corrected chi connectivity index (χ1v) is 6.97. The number of amides is 1. The zero-order valence-corrected chi connectivity index (χ0v) is 12.4. The molecule has 0 aliphatic rings. The summed E-state index contributed by atoms with van der Waals surface area (Å²) in [7, 11) is 1.63. The molecular weight excluding hydrogens is 254 g/mol. The van der Waals surface area contributed by atoms with Crippen LogP contribution in [0.4, 0.5) is 0 Å². The monoisotopic (exact) mass is 279 g/mol. The van der Waals surface area contributed by atoms with Crippen molar-refractivity contribution < 1.29 is 9.53 Å². The van der Waals surface area contributed by atoms with Crippen molar-refractivity contribution in [2.75, 3.05) is 20.2 Å². The molecule has 0 atom stereocenters. The van der Waals surface area contributed by atoms with E-state index in [-0.39, 0.29) is 12.5 Å². The maximum Gasteiger partial charge on any atom is 0.231 e. The number of benzene rings is 1. The fourth-order valence-corrected chi connectivity index (χ4v) is 2.16. The number of nitrogens with two attached hydrogens (primary N) is 2. The van der Waals surface area contributed by atoms with Crippen LogP contribution in [0.25, 0.3) is 0 Å². The summed E-state index contributed by atoms with van der Waals surface area (Å²) >= 11 is 0. The van der Waals surface area contributed by atoms with Gasteiger partial charge in [0.15, 0.2) is 0 Å². The fourth-order valence-electron chi connectivity index (χ4n) is 2.16. The molecule has 1 aromatic carbocycles. The van der Waals surface area contributed by atoms with Gasteiger partial charge in [0.1, 0.15) is 5.75 Å². The Morgan fingerprint density at radius 2 is 2.15 bits per heavy atom. The van der Waals surface area contributed by atoms with Crippen LogP contribution in [0, 0.1) is 0 Å². The minimum atomic E-state index is -0.298. The normalized spacial score (nSPS) is 10.8. The van der Waals surface area contributed by atoms with Crippen LogP contribution < -0.4 is 16.2 Å². The van der Waals surface area contributed by atoms with Crippen molar-refractivity contribution in [3.05, 3.63) is 29.3 Å². The molecule has 0 aliphatic heterocycles. The molecule has 1 rings (SSSR count). The average Bonchev–Trinajstić information content (AvgIpc) is 2.44. The highest BCUT2D eigenvalue weighted by Crippen LogP contribution is 2.20. The highest BCUT2D eigenvalue weighted by atomic mass is 16.5. The van der Waals surface area contributed by atoms with Crippen LogP contribution in [0.2, 0.25) is 0 Å². The van der Waals surface area contributed by atoms with E-state index >= 15 is 0 Å². The van der Waals surface area contributed by atoms with Crippen LogP contribution in [0.1, 0.15) is 30.9 Å². The number of carbonyl (C=O) groups excluding carboxylic acids is 1. The summed E-state index contributed by atoms with van der Waals surface area (Å²) in [6, 6.07) is 5.94. The summed E-state index contributed by atoms with van der Waals surface area (Å²) in [6.07, 6.45) is 2.14. The Bertz CT molecular complexity index is 435. The smallest absolute Gasteiger partial charge is 0.231 e. The lowest BCUT2D eigenvalue weighted by Crippen LogP contribution is -2.34.